The predicted molar refractivity (Wildman–Crippen MR) is 79.9 cm³/mol. The molecule has 0 unspecified atom stereocenters. The summed E-state index contributed by atoms with van der Waals surface area (Å²) in [6, 6.07) is 0.348. The number of β-amino-alcohol motifs (C(OH)–C–C–N with tert-alkyl or cyclic N) is 1. The van der Waals surface area contributed by atoms with Crippen LogP contribution in [0.25, 0.3) is 0 Å². The maximum absolute atomic E-state index is 9.69. The summed E-state index contributed by atoms with van der Waals surface area (Å²) in [6.07, 6.45) is 5.34. The number of ether oxygens (including phenoxy) is 1. The van der Waals surface area contributed by atoms with Crippen molar-refractivity contribution in [1.29, 1.82) is 0 Å². The van der Waals surface area contributed by atoms with Gasteiger partial charge in [0.15, 0.2) is 0 Å². The highest BCUT2D eigenvalue weighted by atomic mass is 16.5. The van der Waals surface area contributed by atoms with Crippen molar-refractivity contribution in [3.63, 3.8) is 0 Å². The molecule has 0 aliphatic carbocycles. The maximum atomic E-state index is 9.69. The van der Waals surface area contributed by atoms with Crippen LogP contribution in [0.15, 0.2) is 0 Å². The Morgan fingerprint density at radius 2 is 1.62 bits per heavy atom. The van der Waals surface area contributed by atoms with Gasteiger partial charge in [-0.3, -0.25) is 0 Å². The summed E-state index contributed by atoms with van der Waals surface area (Å²) in [5.74, 6) is 1.30. The third-order valence-corrected chi connectivity index (χ3v) is 4.11. The van der Waals surface area contributed by atoms with Crippen molar-refractivity contribution >= 4 is 11.9 Å². The Bertz CT molecular complexity index is 476. The van der Waals surface area contributed by atoms with E-state index in [4.69, 9.17) is 4.74 Å². The van der Waals surface area contributed by atoms with E-state index in [1.807, 2.05) is 4.90 Å². The molecule has 0 radical (unpaired) electrons. The van der Waals surface area contributed by atoms with Gasteiger partial charge in [0.1, 0.15) is 0 Å². The Morgan fingerprint density at radius 3 is 2.19 bits per heavy atom. The van der Waals surface area contributed by atoms with Gasteiger partial charge in [0, 0.05) is 26.2 Å². The standard InChI is InChI=1S/C14H23N5O2/c1-21-14-16-12(18-7-4-2-3-5-8-18)15-13(17-14)19-9-6-11(20)10-19/h11,20H,2-10H2,1H3/t11-/m0/s1. The van der Waals surface area contributed by atoms with Crippen LogP contribution in [0, 0.1) is 0 Å². The Morgan fingerprint density at radius 1 is 0.952 bits per heavy atom. The van der Waals surface area contributed by atoms with E-state index < -0.39 is 0 Å². The molecule has 2 aliphatic heterocycles. The molecule has 21 heavy (non-hydrogen) atoms. The molecule has 0 spiro atoms. The zero-order valence-electron chi connectivity index (χ0n) is 12.5. The van der Waals surface area contributed by atoms with Crippen LogP contribution < -0.4 is 14.5 Å². The van der Waals surface area contributed by atoms with Crippen LogP contribution >= 0.6 is 0 Å². The van der Waals surface area contributed by atoms with E-state index in [0.29, 0.717) is 24.5 Å². The molecule has 3 heterocycles. The minimum atomic E-state index is -0.297. The normalized spacial score (nSPS) is 23.2. The molecule has 0 aromatic carbocycles. The smallest absolute Gasteiger partial charge is 0.322 e. The topological polar surface area (TPSA) is 74.6 Å². The second kappa shape index (κ2) is 6.43. The summed E-state index contributed by atoms with van der Waals surface area (Å²) < 4.78 is 5.23. The van der Waals surface area contributed by atoms with E-state index in [-0.39, 0.29) is 6.10 Å². The maximum Gasteiger partial charge on any atom is 0.322 e. The molecule has 1 aromatic heterocycles. The fourth-order valence-electron chi connectivity index (χ4n) is 2.90. The lowest BCUT2D eigenvalue weighted by Crippen LogP contribution is -2.29. The Hall–Kier alpha value is -1.63. The zero-order chi connectivity index (χ0) is 14.7. The van der Waals surface area contributed by atoms with Gasteiger partial charge in [-0.1, -0.05) is 12.8 Å². The predicted octanol–water partition coefficient (Wildman–Crippen LogP) is 0.832. The van der Waals surface area contributed by atoms with Crippen LogP contribution in [0.1, 0.15) is 32.1 Å². The fourth-order valence-corrected chi connectivity index (χ4v) is 2.90. The molecule has 0 saturated carbocycles. The molecule has 7 heteroatoms. The molecule has 1 atom stereocenters. The van der Waals surface area contributed by atoms with Crippen molar-refractivity contribution in [2.45, 2.75) is 38.2 Å². The summed E-state index contributed by atoms with van der Waals surface area (Å²) in [4.78, 5) is 17.5. The molecular weight excluding hydrogens is 270 g/mol. The molecule has 3 rings (SSSR count). The van der Waals surface area contributed by atoms with E-state index in [1.165, 1.54) is 25.7 Å². The first kappa shape index (κ1) is 14.3. The molecular formula is C14H23N5O2. The summed E-state index contributed by atoms with van der Waals surface area (Å²) in [7, 11) is 1.57. The molecule has 1 N–H and O–H groups in total. The number of hydrogen-bond donors (Lipinski definition) is 1. The van der Waals surface area contributed by atoms with Crippen molar-refractivity contribution in [3.05, 3.63) is 0 Å². The minimum absolute atomic E-state index is 0.297. The van der Waals surface area contributed by atoms with E-state index in [9.17, 15) is 5.11 Å². The van der Waals surface area contributed by atoms with Gasteiger partial charge in [-0.25, -0.2) is 0 Å². The van der Waals surface area contributed by atoms with Gasteiger partial charge in [0.2, 0.25) is 11.9 Å². The summed E-state index contributed by atoms with van der Waals surface area (Å²) in [6.45, 7) is 3.31. The lowest BCUT2D eigenvalue weighted by atomic mass is 10.2. The number of methoxy groups -OCH3 is 1. The van der Waals surface area contributed by atoms with Gasteiger partial charge in [-0.05, 0) is 19.3 Å². The van der Waals surface area contributed by atoms with Crippen LogP contribution in [-0.4, -0.2) is 59.5 Å². The van der Waals surface area contributed by atoms with Gasteiger partial charge in [0.05, 0.1) is 13.2 Å². The summed E-state index contributed by atoms with van der Waals surface area (Å²) in [5.41, 5.74) is 0. The molecule has 7 nitrogen and oxygen atoms in total. The van der Waals surface area contributed by atoms with Crippen LogP contribution in [0.2, 0.25) is 0 Å². The molecule has 2 saturated heterocycles. The highest BCUT2D eigenvalue weighted by molar-refractivity contribution is 5.41. The van der Waals surface area contributed by atoms with Crippen molar-refractivity contribution in [2.75, 3.05) is 43.1 Å². The van der Waals surface area contributed by atoms with Gasteiger partial charge in [-0.15, -0.1) is 0 Å². The summed E-state index contributed by atoms with van der Waals surface area (Å²) in [5, 5.41) is 9.69. The number of nitrogens with zero attached hydrogens (tertiary/aromatic N) is 5. The van der Waals surface area contributed by atoms with Gasteiger partial charge in [0.25, 0.3) is 0 Å². The highest BCUT2D eigenvalue weighted by Gasteiger charge is 2.25. The number of aliphatic hydroxyl groups excluding tert-OH is 1. The van der Waals surface area contributed by atoms with Crippen LogP contribution in [0.5, 0.6) is 6.01 Å². The number of rotatable bonds is 3. The lowest BCUT2D eigenvalue weighted by molar-refractivity contribution is 0.198. The summed E-state index contributed by atoms with van der Waals surface area (Å²) >= 11 is 0. The van der Waals surface area contributed by atoms with Crippen molar-refractivity contribution in [1.82, 2.24) is 15.0 Å². The first-order valence-electron chi connectivity index (χ1n) is 7.74. The van der Waals surface area contributed by atoms with Gasteiger partial charge >= 0.3 is 6.01 Å². The highest BCUT2D eigenvalue weighted by Crippen LogP contribution is 2.23. The second-order valence-corrected chi connectivity index (χ2v) is 5.71. The average molecular weight is 293 g/mol. The molecule has 2 fully saturated rings. The third kappa shape index (κ3) is 3.34. The van der Waals surface area contributed by atoms with E-state index in [1.54, 1.807) is 7.11 Å². The number of hydrogen-bond acceptors (Lipinski definition) is 7. The van der Waals surface area contributed by atoms with E-state index >= 15 is 0 Å². The van der Waals surface area contributed by atoms with Crippen molar-refractivity contribution < 1.29 is 9.84 Å². The SMILES string of the molecule is COc1nc(N2CCCCCC2)nc(N2CC[C@H](O)C2)n1. The average Bonchev–Trinajstić information content (AvgIpc) is 2.77. The molecule has 116 valence electrons. The quantitative estimate of drug-likeness (QED) is 0.884. The lowest BCUT2D eigenvalue weighted by Gasteiger charge is -2.22. The molecule has 0 bridgehead atoms. The van der Waals surface area contributed by atoms with Crippen LogP contribution in [0.3, 0.4) is 0 Å². The Kier molecular flexibility index (Phi) is 4.38. The van der Waals surface area contributed by atoms with Crippen molar-refractivity contribution in [2.24, 2.45) is 0 Å². The monoisotopic (exact) mass is 293 g/mol. The third-order valence-electron chi connectivity index (χ3n) is 4.11. The Balaban J connectivity index is 1.85. The molecule has 0 amide bonds. The number of anilines is 2. The van der Waals surface area contributed by atoms with E-state index in [0.717, 1.165) is 26.1 Å². The van der Waals surface area contributed by atoms with E-state index in [2.05, 4.69) is 19.9 Å². The fraction of sp³-hybridized carbons (Fsp3) is 0.786. The van der Waals surface area contributed by atoms with Gasteiger partial charge in [-0.2, -0.15) is 15.0 Å². The van der Waals surface area contributed by atoms with Crippen LogP contribution in [0.4, 0.5) is 11.9 Å². The number of aliphatic hydroxyl groups is 1. The number of aromatic nitrogens is 3. The minimum Gasteiger partial charge on any atom is -0.467 e. The first-order chi connectivity index (χ1) is 10.3. The van der Waals surface area contributed by atoms with Crippen LogP contribution in [-0.2, 0) is 0 Å². The second-order valence-electron chi connectivity index (χ2n) is 5.71. The van der Waals surface area contributed by atoms with Gasteiger partial charge < -0.3 is 19.6 Å². The zero-order valence-corrected chi connectivity index (χ0v) is 12.5. The molecule has 2 aliphatic rings. The largest absolute Gasteiger partial charge is 0.467 e. The molecule has 1 aromatic rings. The Labute approximate surface area is 125 Å². The van der Waals surface area contributed by atoms with Crippen molar-refractivity contribution in [3.8, 4) is 6.01 Å². The first-order valence-corrected chi connectivity index (χ1v) is 7.74.